The lowest BCUT2D eigenvalue weighted by molar-refractivity contribution is 0.636. The lowest BCUT2D eigenvalue weighted by atomic mass is 9.91. The Kier molecular flexibility index (Phi) is 7.54. The second-order valence-electron chi connectivity index (χ2n) is 11.0. The summed E-state index contributed by atoms with van der Waals surface area (Å²) in [7, 11) is 0.500. The first-order chi connectivity index (χ1) is 22.2. The molecular weight excluding hydrogens is 553 g/mol. The molecule has 0 N–H and O–H groups in total. The van der Waals surface area contributed by atoms with E-state index in [1.54, 1.807) is 0 Å². The number of rotatable bonds is 4. The van der Waals surface area contributed by atoms with Crippen LogP contribution in [-0.2, 0) is 0 Å². The van der Waals surface area contributed by atoms with E-state index in [-0.39, 0.29) is 0 Å². The number of benzene rings is 7. The predicted octanol–water partition coefficient (Wildman–Crippen LogP) is 10.9. The molecule has 0 amide bonds. The van der Waals surface area contributed by atoms with Gasteiger partial charge in [0.1, 0.15) is 0 Å². The third-order valence-corrected chi connectivity index (χ3v) is 8.11. The molecule has 0 unspecified atom stereocenters. The highest BCUT2D eigenvalue weighted by Crippen LogP contribution is 2.38. The summed E-state index contributed by atoms with van der Waals surface area (Å²) >= 11 is 0. The Balaban J connectivity index is 0.00000160. The number of halogens is 1. The molecule has 0 radical (unpaired) electrons. The minimum Gasteiger partial charge on any atom is -0.255 e. The van der Waals surface area contributed by atoms with E-state index < -0.39 is 0 Å². The van der Waals surface area contributed by atoms with E-state index in [4.69, 9.17) is 15.0 Å². The summed E-state index contributed by atoms with van der Waals surface area (Å²) in [5, 5.41) is 7.63. The molecule has 8 aromatic rings. The van der Waals surface area contributed by atoms with Crippen molar-refractivity contribution >= 4 is 32.3 Å². The van der Waals surface area contributed by atoms with Crippen LogP contribution in [0, 0.1) is 6.92 Å². The van der Waals surface area contributed by atoms with E-state index in [9.17, 15) is 4.39 Å². The number of hydrogen-bond acceptors (Lipinski definition) is 3. The van der Waals surface area contributed by atoms with Gasteiger partial charge in [-0.2, -0.15) is 0 Å². The third kappa shape index (κ3) is 5.32. The van der Waals surface area contributed by atoms with E-state index in [0.29, 0.717) is 24.7 Å². The van der Waals surface area contributed by atoms with E-state index in [2.05, 4.69) is 91.9 Å². The summed E-state index contributed by atoms with van der Waals surface area (Å²) in [6.07, 6.45) is 0. The highest BCUT2D eigenvalue weighted by Gasteiger charge is 2.14. The summed E-state index contributed by atoms with van der Waals surface area (Å²) in [5.41, 5.74) is 6.35. The fourth-order valence-corrected chi connectivity index (χ4v) is 6.10. The monoisotopic (exact) mass is 583 g/mol. The number of nitrogens with zero attached hydrogens (tertiary/aromatic N) is 3. The quantitative estimate of drug-likeness (QED) is 0.193. The zero-order valence-corrected chi connectivity index (χ0v) is 25.1. The topological polar surface area (TPSA) is 38.7 Å². The molecule has 0 saturated carbocycles. The molecule has 1 aromatic heterocycles. The van der Waals surface area contributed by atoms with Crippen molar-refractivity contribution in [2.45, 2.75) is 6.92 Å². The van der Waals surface area contributed by atoms with Crippen molar-refractivity contribution in [3.8, 4) is 45.3 Å². The van der Waals surface area contributed by atoms with Crippen LogP contribution in [0.3, 0.4) is 0 Å². The van der Waals surface area contributed by atoms with Crippen LogP contribution in [0.2, 0.25) is 0 Å². The van der Waals surface area contributed by atoms with Crippen molar-refractivity contribution < 1.29 is 4.39 Å². The molecular formula is C41H30FN3. The van der Waals surface area contributed by atoms with Crippen LogP contribution in [0.4, 0.5) is 4.39 Å². The molecule has 0 aliphatic rings. The van der Waals surface area contributed by atoms with E-state index in [0.717, 1.165) is 27.8 Å². The van der Waals surface area contributed by atoms with Crippen molar-refractivity contribution in [3.63, 3.8) is 0 Å². The SMILES string of the molecule is CF.Cc1cc(-c2ccc3c4ccccc4c4ccccc4c3c2)cc(-c2nc(-c3ccccc3)nc(-c3ccccc3)n2)c1. The number of aryl methyl sites for hydroxylation is 1. The van der Waals surface area contributed by atoms with Gasteiger partial charge in [-0.25, -0.2) is 15.0 Å². The highest BCUT2D eigenvalue weighted by atomic mass is 19.1. The molecule has 7 aromatic carbocycles. The first kappa shape index (κ1) is 28.1. The Bertz CT molecular complexity index is 2200. The van der Waals surface area contributed by atoms with Crippen LogP contribution in [0.15, 0.2) is 146 Å². The Morgan fingerprint density at radius 3 is 1.24 bits per heavy atom. The van der Waals surface area contributed by atoms with E-state index in [1.165, 1.54) is 37.9 Å². The molecule has 0 bridgehead atoms. The maximum Gasteiger partial charge on any atom is 0.164 e. The Hall–Kier alpha value is -5.74. The van der Waals surface area contributed by atoms with Crippen molar-refractivity contribution in [1.29, 1.82) is 0 Å². The van der Waals surface area contributed by atoms with E-state index >= 15 is 0 Å². The minimum atomic E-state index is 0.500. The fraction of sp³-hybridized carbons (Fsp3) is 0.0488. The van der Waals surface area contributed by atoms with Crippen molar-refractivity contribution in [2.75, 3.05) is 7.18 Å². The number of aromatic nitrogens is 3. The van der Waals surface area contributed by atoms with Gasteiger partial charge >= 0.3 is 0 Å². The molecule has 4 heteroatoms. The van der Waals surface area contributed by atoms with Gasteiger partial charge < -0.3 is 0 Å². The van der Waals surface area contributed by atoms with Crippen LogP contribution < -0.4 is 0 Å². The highest BCUT2D eigenvalue weighted by molar-refractivity contribution is 6.25. The number of hydrogen-bond donors (Lipinski definition) is 0. The summed E-state index contributed by atoms with van der Waals surface area (Å²) in [4.78, 5) is 14.8. The molecule has 0 spiro atoms. The second kappa shape index (κ2) is 12.1. The zero-order chi connectivity index (χ0) is 30.8. The molecule has 0 atom stereocenters. The predicted molar refractivity (Wildman–Crippen MR) is 186 cm³/mol. The Labute approximate surface area is 261 Å². The molecule has 0 fully saturated rings. The summed E-state index contributed by atoms with van der Waals surface area (Å²) < 4.78 is 9.50. The molecule has 3 nitrogen and oxygen atoms in total. The molecule has 0 saturated heterocycles. The average Bonchev–Trinajstić information content (AvgIpc) is 3.12. The van der Waals surface area contributed by atoms with Gasteiger partial charge in [-0.05, 0) is 74.1 Å². The van der Waals surface area contributed by atoms with Crippen LogP contribution in [0.5, 0.6) is 0 Å². The Morgan fingerprint density at radius 2 is 0.733 bits per heavy atom. The number of alkyl halides is 1. The molecule has 8 rings (SSSR count). The minimum absolute atomic E-state index is 0.500. The van der Waals surface area contributed by atoms with Gasteiger partial charge in [-0.15, -0.1) is 0 Å². The van der Waals surface area contributed by atoms with Crippen LogP contribution in [0.25, 0.3) is 77.6 Å². The first-order valence-electron chi connectivity index (χ1n) is 14.9. The molecule has 216 valence electrons. The van der Waals surface area contributed by atoms with Gasteiger partial charge in [0.05, 0.1) is 7.18 Å². The van der Waals surface area contributed by atoms with Crippen molar-refractivity contribution in [3.05, 3.63) is 151 Å². The smallest absolute Gasteiger partial charge is 0.164 e. The van der Waals surface area contributed by atoms with Crippen LogP contribution in [0.1, 0.15) is 5.56 Å². The molecule has 1 heterocycles. The van der Waals surface area contributed by atoms with Gasteiger partial charge in [0.15, 0.2) is 17.5 Å². The van der Waals surface area contributed by atoms with Crippen molar-refractivity contribution in [2.24, 2.45) is 0 Å². The summed E-state index contributed by atoms with van der Waals surface area (Å²) in [5.74, 6) is 1.99. The summed E-state index contributed by atoms with van der Waals surface area (Å²) in [6, 6.07) is 51.1. The molecule has 45 heavy (non-hydrogen) atoms. The molecule has 0 aliphatic heterocycles. The first-order valence-corrected chi connectivity index (χ1v) is 14.9. The number of fused-ring (bicyclic) bond motifs is 6. The third-order valence-electron chi connectivity index (χ3n) is 8.11. The maximum atomic E-state index is 9.50. The van der Waals surface area contributed by atoms with Gasteiger partial charge in [0.2, 0.25) is 0 Å². The van der Waals surface area contributed by atoms with Crippen molar-refractivity contribution in [1.82, 2.24) is 15.0 Å². The Morgan fingerprint density at radius 1 is 0.333 bits per heavy atom. The van der Waals surface area contributed by atoms with Gasteiger partial charge in [0, 0.05) is 16.7 Å². The second-order valence-corrected chi connectivity index (χ2v) is 11.0. The maximum absolute atomic E-state index is 9.50. The normalized spacial score (nSPS) is 11.0. The van der Waals surface area contributed by atoms with Crippen LogP contribution >= 0.6 is 0 Å². The molecule has 0 aliphatic carbocycles. The zero-order valence-electron chi connectivity index (χ0n) is 25.1. The standard InChI is InChI=1S/C40H27N3.CH3F/c1-26-22-30(29-20-21-36-34-18-9-8-16-32(34)33-17-10-11-19-35(33)37(36)25-29)24-31(23-26)40-42-38(27-12-4-2-5-13-27)41-39(43-40)28-14-6-3-7-15-28;1-2/h2-25H,1H3;1H3. The van der Waals surface area contributed by atoms with Crippen LogP contribution in [-0.4, -0.2) is 22.1 Å². The lowest BCUT2D eigenvalue weighted by Gasteiger charge is -2.13. The van der Waals surface area contributed by atoms with Gasteiger partial charge in [-0.3, -0.25) is 4.39 Å². The fourth-order valence-electron chi connectivity index (χ4n) is 6.10. The average molecular weight is 584 g/mol. The largest absolute Gasteiger partial charge is 0.255 e. The van der Waals surface area contributed by atoms with E-state index in [1.807, 2.05) is 60.7 Å². The lowest BCUT2D eigenvalue weighted by Crippen LogP contribution is -2.00. The summed E-state index contributed by atoms with van der Waals surface area (Å²) in [6.45, 7) is 2.13. The van der Waals surface area contributed by atoms with Gasteiger partial charge in [-0.1, -0.05) is 127 Å². The van der Waals surface area contributed by atoms with Gasteiger partial charge in [0.25, 0.3) is 0 Å².